The molecule has 0 saturated heterocycles. The Morgan fingerprint density at radius 2 is 1.83 bits per heavy atom. The van der Waals surface area contributed by atoms with Gasteiger partial charge in [0.05, 0.1) is 19.4 Å². The second-order valence-corrected chi connectivity index (χ2v) is 4.91. The van der Waals surface area contributed by atoms with Gasteiger partial charge in [0.25, 0.3) is 0 Å². The number of rotatable bonds is 7. The third-order valence-electron chi connectivity index (χ3n) is 3.29. The number of hydrogen-bond donors (Lipinski definition) is 2. The molecular weight excluding hydrogens is 292 g/mol. The monoisotopic (exact) mass is 314 g/mol. The van der Waals surface area contributed by atoms with Gasteiger partial charge in [-0.3, -0.25) is 0 Å². The zero-order valence-electron chi connectivity index (χ0n) is 13.5. The molecule has 0 aromatic heterocycles. The number of methoxy groups -OCH3 is 1. The van der Waals surface area contributed by atoms with Gasteiger partial charge in [0.15, 0.2) is 0 Å². The maximum absolute atomic E-state index is 12.0. The lowest BCUT2D eigenvalue weighted by atomic mass is 10.1. The second-order valence-electron chi connectivity index (χ2n) is 4.91. The van der Waals surface area contributed by atoms with Gasteiger partial charge in [-0.25, -0.2) is 4.79 Å². The number of hydrogen-bond acceptors (Lipinski definition) is 3. The summed E-state index contributed by atoms with van der Waals surface area (Å²) in [6, 6.07) is 14.9. The fraction of sp³-hybridized carbons (Fsp3) is 0.278. The van der Waals surface area contributed by atoms with Crippen LogP contribution in [0.15, 0.2) is 48.5 Å². The average Bonchev–Trinajstić information content (AvgIpc) is 2.57. The standard InChI is InChI=1S/C18H22N2O3/c1-3-23-17-7-5-4-6-16(17)20-18(21)19-13-12-14-8-10-15(22-2)11-9-14/h4-11H,3,12-13H2,1-2H3,(H2,19,20,21). The van der Waals surface area contributed by atoms with Crippen molar-refractivity contribution >= 4 is 11.7 Å². The quantitative estimate of drug-likeness (QED) is 0.823. The molecule has 2 rings (SSSR count). The topological polar surface area (TPSA) is 59.6 Å². The second kappa shape index (κ2) is 8.68. The molecule has 2 aromatic carbocycles. The van der Waals surface area contributed by atoms with Crippen molar-refractivity contribution in [3.8, 4) is 11.5 Å². The van der Waals surface area contributed by atoms with E-state index in [-0.39, 0.29) is 6.03 Å². The maximum atomic E-state index is 12.0. The number of carbonyl (C=O) groups is 1. The van der Waals surface area contributed by atoms with Crippen LogP contribution in [0, 0.1) is 0 Å². The predicted molar refractivity (Wildman–Crippen MR) is 91.3 cm³/mol. The maximum Gasteiger partial charge on any atom is 0.319 e. The fourth-order valence-corrected chi connectivity index (χ4v) is 2.13. The van der Waals surface area contributed by atoms with Crippen molar-refractivity contribution in [1.82, 2.24) is 5.32 Å². The number of para-hydroxylation sites is 2. The number of urea groups is 1. The largest absolute Gasteiger partial charge is 0.497 e. The Morgan fingerprint density at radius 1 is 1.09 bits per heavy atom. The van der Waals surface area contributed by atoms with Crippen LogP contribution in [0.25, 0.3) is 0 Å². The molecule has 0 heterocycles. The molecule has 5 nitrogen and oxygen atoms in total. The minimum Gasteiger partial charge on any atom is -0.497 e. The highest BCUT2D eigenvalue weighted by atomic mass is 16.5. The van der Waals surface area contributed by atoms with Crippen LogP contribution < -0.4 is 20.1 Å². The Balaban J connectivity index is 1.81. The normalized spacial score (nSPS) is 10.0. The summed E-state index contributed by atoms with van der Waals surface area (Å²) in [6.07, 6.45) is 0.754. The molecule has 0 saturated carbocycles. The van der Waals surface area contributed by atoms with Gasteiger partial charge in [-0.2, -0.15) is 0 Å². The van der Waals surface area contributed by atoms with Crippen molar-refractivity contribution in [1.29, 1.82) is 0 Å². The zero-order chi connectivity index (χ0) is 16.5. The van der Waals surface area contributed by atoms with Crippen molar-refractivity contribution in [2.24, 2.45) is 0 Å². The van der Waals surface area contributed by atoms with Gasteiger partial charge in [0.2, 0.25) is 0 Å². The highest BCUT2D eigenvalue weighted by molar-refractivity contribution is 5.90. The highest BCUT2D eigenvalue weighted by Gasteiger charge is 2.06. The van der Waals surface area contributed by atoms with Gasteiger partial charge in [-0.1, -0.05) is 24.3 Å². The number of benzene rings is 2. The third-order valence-corrected chi connectivity index (χ3v) is 3.29. The van der Waals surface area contributed by atoms with E-state index < -0.39 is 0 Å². The van der Waals surface area contributed by atoms with Crippen LogP contribution in [0.5, 0.6) is 11.5 Å². The lowest BCUT2D eigenvalue weighted by molar-refractivity contribution is 0.252. The number of nitrogens with one attached hydrogen (secondary N) is 2. The van der Waals surface area contributed by atoms with E-state index in [9.17, 15) is 4.79 Å². The van der Waals surface area contributed by atoms with Crippen LogP contribution in [0.4, 0.5) is 10.5 Å². The van der Waals surface area contributed by atoms with Crippen LogP contribution in [0.3, 0.4) is 0 Å². The van der Waals surface area contributed by atoms with Crippen LogP contribution in [-0.4, -0.2) is 26.3 Å². The summed E-state index contributed by atoms with van der Waals surface area (Å²) in [6.45, 7) is 3.01. The summed E-state index contributed by atoms with van der Waals surface area (Å²) < 4.78 is 10.6. The van der Waals surface area contributed by atoms with Gasteiger partial charge in [0, 0.05) is 6.54 Å². The molecule has 0 unspecified atom stereocenters. The van der Waals surface area contributed by atoms with Crippen molar-refractivity contribution in [3.63, 3.8) is 0 Å². The van der Waals surface area contributed by atoms with Gasteiger partial charge in [-0.05, 0) is 43.2 Å². The molecule has 122 valence electrons. The molecule has 2 aromatic rings. The summed E-state index contributed by atoms with van der Waals surface area (Å²) in [5.41, 5.74) is 1.80. The molecule has 0 bridgehead atoms. The van der Waals surface area contributed by atoms with Crippen LogP contribution in [0.1, 0.15) is 12.5 Å². The predicted octanol–water partition coefficient (Wildman–Crippen LogP) is 3.46. The molecule has 23 heavy (non-hydrogen) atoms. The lowest BCUT2D eigenvalue weighted by Gasteiger charge is -2.12. The van der Waals surface area contributed by atoms with Crippen LogP contribution >= 0.6 is 0 Å². The first kappa shape index (κ1) is 16.7. The van der Waals surface area contributed by atoms with E-state index >= 15 is 0 Å². The van der Waals surface area contributed by atoms with Crippen molar-refractivity contribution in [2.75, 3.05) is 25.6 Å². The number of carbonyl (C=O) groups excluding carboxylic acids is 1. The van der Waals surface area contributed by atoms with Crippen molar-refractivity contribution in [3.05, 3.63) is 54.1 Å². The van der Waals surface area contributed by atoms with Crippen LogP contribution in [-0.2, 0) is 6.42 Å². The van der Waals surface area contributed by atoms with E-state index in [4.69, 9.17) is 9.47 Å². The summed E-state index contributed by atoms with van der Waals surface area (Å²) in [7, 11) is 1.64. The molecule has 2 N–H and O–H groups in total. The Hall–Kier alpha value is -2.69. The highest BCUT2D eigenvalue weighted by Crippen LogP contribution is 2.23. The summed E-state index contributed by atoms with van der Waals surface area (Å²) in [5, 5.41) is 5.65. The summed E-state index contributed by atoms with van der Waals surface area (Å²) >= 11 is 0. The molecule has 0 fully saturated rings. The van der Waals surface area contributed by atoms with Gasteiger partial charge < -0.3 is 20.1 Å². The van der Waals surface area contributed by atoms with Crippen molar-refractivity contribution < 1.29 is 14.3 Å². The molecule has 2 amide bonds. The lowest BCUT2D eigenvalue weighted by Crippen LogP contribution is -2.30. The summed E-state index contributed by atoms with van der Waals surface area (Å²) in [4.78, 5) is 12.0. The molecule has 0 aliphatic carbocycles. The first-order chi connectivity index (χ1) is 11.2. The van der Waals surface area contributed by atoms with Gasteiger partial charge in [-0.15, -0.1) is 0 Å². The molecule has 5 heteroatoms. The minimum atomic E-state index is -0.245. The van der Waals surface area contributed by atoms with E-state index in [1.165, 1.54) is 0 Å². The van der Waals surface area contributed by atoms with Gasteiger partial charge >= 0.3 is 6.03 Å². The number of ether oxygens (including phenoxy) is 2. The Labute approximate surface area is 136 Å². The Morgan fingerprint density at radius 3 is 2.52 bits per heavy atom. The molecular formula is C18H22N2O3. The molecule has 0 spiro atoms. The smallest absolute Gasteiger partial charge is 0.319 e. The molecule has 0 atom stereocenters. The van der Waals surface area contributed by atoms with Crippen LogP contribution in [0.2, 0.25) is 0 Å². The Kier molecular flexibility index (Phi) is 6.29. The van der Waals surface area contributed by atoms with Crippen molar-refractivity contribution in [2.45, 2.75) is 13.3 Å². The van der Waals surface area contributed by atoms with E-state index in [2.05, 4.69) is 10.6 Å². The number of anilines is 1. The minimum absolute atomic E-state index is 0.245. The first-order valence-corrected chi connectivity index (χ1v) is 7.62. The first-order valence-electron chi connectivity index (χ1n) is 7.62. The molecule has 0 aliphatic rings. The zero-order valence-corrected chi connectivity index (χ0v) is 13.5. The molecule has 0 aliphatic heterocycles. The SMILES string of the molecule is CCOc1ccccc1NC(=O)NCCc1ccc(OC)cc1. The summed E-state index contributed by atoms with van der Waals surface area (Å²) in [5.74, 6) is 1.49. The fourth-order valence-electron chi connectivity index (χ4n) is 2.13. The van der Waals surface area contributed by atoms with E-state index in [1.807, 2.05) is 55.5 Å². The molecule has 0 radical (unpaired) electrons. The third kappa shape index (κ3) is 5.21. The Bertz CT molecular complexity index is 626. The average molecular weight is 314 g/mol. The van der Waals surface area contributed by atoms with E-state index in [1.54, 1.807) is 7.11 Å². The van der Waals surface area contributed by atoms with Gasteiger partial charge in [0.1, 0.15) is 11.5 Å². The number of amides is 2. The van der Waals surface area contributed by atoms with E-state index in [0.717, 1.165) is 17.7 Å². The van der Waals surface area contributed by atoms with E-state index in [0.29, 0.717) is 24.6 Å².